The third kappa shape index (κ3) is 4.06. The highest BCUT2D eigenvalue weighted by atomic mass is 35.7. The van der Waals surface area contributed by atoms with Crippen LogP contribution >= 0.6 is 10.7 Å². The van der Waals surface area contributed by atoms with E-state index < -0.39 is 9.05 Å². The fraction of sp³-hybridized carbons (Fsp3) is 0.357. The SMILES string of the molecule is CC(C)OCCOc1ccc(S(=O)(=O)Cl)c2cccnc12. The van der Waals surface area contributed by atoms with Gasteiger partial charge in [-0.3, -0.25) is 4.98 Å². The molecule has 0 radical (unpaired) electrons. The number of ether oxygens (including phenoxy) is 2. The number of pyridine rings is 1. The molecule has 0 aliphatic carbocycles. The molecule has 1 aromatic carbocycles. The first-order chi connectivity index (χ1) is 9.89. The Morgan fingerprint density at radius 1 is 1.24 bits per heavy atom. The van der Waals surface area contributed by atoms with E-state index in [1.54, 1.807) is 24.4 Å². The van der Waals surface area contributed by atoms with Crippen LogP contribution in [0.15, 0.2) is 35.4 Å². The Hall–Kier alpha value is -1.37. The second-order valence-electron chi connectivity index (χ2n) is 4.67. The Balaban J connectivity index is 2.31. The van der Waals surface area contributed by atoms with Crippen molar-refractivity contribution in [2.75, 3.05) is 13.2 Å². The van der Waals surface area contributed by atoms with Gasteiger partial charge in [0.2, 0.25) is 0 Å². The van der Waals surface area contributed by atoms with E-state index in [1.807, 2.05) is 13.8 Å². The molecule has 5 nitrogen and oxygen atoms in total. The highest BCUT2D eigenvalue weighted by Gasteiger charge is 2.17. The van der Waals surface area contributed by atoms with Crippen LogP contribution in [0.5, 0.6) is 5.75 Å². The molecule has 114 valence electrons. The summed E-state index contributed by atoms with van der Waals surface area (Å²) in [6, 6.07) is 6.28. The molecule has 21 heavy (non-hydrogen) atoms. The van der Waals surface area contributed by atoms with Crippen LogP contribution in [-0.2, 0) is 13.8 Å². The molecule has 0 bridgehead atoms. The maximum absolute atomic E-state index is 11.6. The number of hydrogen-bond donors (Lipinski definition) is 0. The van der Waals surface area contributed by atoms with Gasteiger partial charge in [-0.25, -0.2) is 8.42 Å². The van der Waals surface area contributed by atoms with Crippen molar-refractivity contribution in [3.63, 3.8) is 0 Å². The maximum Gasteiger partial charge on any atom is 0.261 e. The predicted molar refractivity (Wildman–Crippen MR) is 81.4 cm³/mol. The monoisotopic (exact) mass is 329 g/mol. The molecule has 2 rings (SSSR count). The first-order valence-electron chi connectivity index (χ1n) is 6.46. The number of nitrogens with zero attached hydrogens (tertiary/aromatic N) is 1. The van der Waals surface area contributed by atoms with Crippen molar-refractivity contribution >= 4 is 30.6 Å². The standard InChI is InChI=1S/C14H16ClNO4S/c1-10(2)19-8-9-20-12-5-6-13(21(15,17)18)11-4-3-7-16-14(11)12/h3-7,10H,8-9H2,1-2H3. The normalized spacial score (nSPS) is 12.0. The fourth-order valence-corrected chi connectivity index (χ4v) is 2.95. The van der Waals surface area contributed by atoms with Gasteiger partial charge in [0, 0.05) is 22.3 Å². The van der Waals surface area contributed by atoms with E-state index in [2.05, 4.69) is 4.98 Å². The molecule has 0 saturated heterocycles. The van der Waals surface area contributed by atoms with Crippen molar-refractivity contribution in [3.8, 4) is 5.75 Å². The first-order valence-corrected chi connectivity index (χ1v) is 8.77. The van der Waals surface area contributed by atoms with Crippen molar-refractivity contribution in [2.24, 2.45) is 0 Å². The molecule has 0 amide bonds. The molecule has 2 aromatic rings. The van der Waals surface area contributed by atoms with E-state index >= 15 is 0 Å². The van der Waals surface area contributed by atoms with Gasteiger partial charge in [0.1, 0.15) is 17.9 Å². The lowest BCUT2D eigenvalue weighted by Gasteiger charge is -2.12. The van der Waals surface area contributed by atoms with E-state index in [1.165, 1.54) is 6.07 Å². The summed E-state index contributed by atoms with van der Waals surface area (Å²) in [6.07, 6.45) is 1.71. The van der Waals surface area contributed by atoms with Crippen LogP contribution in [-0.4, -0.2) is 32.7 Å². The Morgan fingerprint density at radius 2 is 2.00 bits per heavy atom. The van der Waals surface area contributed by atoms with Crippen molar-refractivity contribution in [2.45, 2.75) is 24.8 Å². The Bertz CT molecular complexity index is 731. The summed E-state index contributed by atoms with van der Waals surface area (Å²) in [5, 5.41) is 0.440. The number of hydrogen-bond acceptors (Lipinski definition) is 5. The summed E-state index contributed by atoms with van der Waals surface area (Å²) < 4.78 is 34.1. The minimum atomic E-state index is -3.83. The number of halogens is 1. The van der Waals surface area contributed by atoms with Crippen LogP contribution in [0, 0.1) is 0 Å². The van der Waals surface area contributed by atoms with Crippen LogP contribution in [0.3, 0.4) is 0 Å². The lowest BCUT2D eigenvalue weighted by atomic mass is 10.2. The maximum atomic E-state index is 11.6. The van der Waals surface area contributed by atoms with Crippen LogP contribution in [0.25, 0.3) is 10.9 Å². The van der Waals surface area contributed by atoms with Gasteiger partial charge in [0.25, 0.3) is 9.05 Å². The second kappa shape index (κ2) is 6.60. The minimum absolute atomic E-state index is 0.0260. The van der Waals surface area contributed by atoms with Gasteiger partial charge in [-0.05, 0) is 38.1 Å². The van der Waals surface area contributed by atoms with Gasteiger partial charge in [0.15, 0.2) is 0 Å². The van der Waals surface area contributed by atoms with Gasteiger partial charge in [-0.15, -0.1) is 0 Å². The zero-order valence-electron chi connectivity index (χ0n) is 11.7. The van der Waals surface area contributed by atoms with Gasteiger partial charge in [-0.1, -0.05) is 0 Å². The van der Waals surface area contributed by atoms with E-state index in [4.69, 9.17) is 20.2 Å². The third-order valence-corrected chi connectivity index (χ3v) is 4.13. The number of fused-ring (bicyclic) bond motifs is 1. The van der Waals surface area contributed by atoms with Gasteiger partial charge < -0.3 is 9.47 Å². The summed E-state index contributed by atoms with van der Waals surface area (Å²) in [5.74, 6) is 0.502. The van der Waals surface area contributed by atoms with E-state index in [0.717, 1.165) is 0 Å². The number of benzene rings is 1. The van der Waals surface area contributed by atoms with E-state index in [-0.39, 0.29) is 11.0 Å². The number of rotatable bonds is 6. The molecule has 0 saturated carbocycles. The molecule has 0 aliphatic rings. The van der Waals surface area contributed by atoms with E-state index in [9.17, 15) is 8.42 Å². The Kier molecular flexibility index (Phi) is 5.03. The van der Waals surface area contributed by atoms with Crippen LogP contribution < -0.4 is 4.74 Å². The predicted octanol–water partition coefficient (Wildman–Crippen LogP) is 2.97. The van der Waals surface area contributed by atoms with Gasteiger partial charge in [-0.2, -0.15) is 0 Å². The summed E-state index contributed by atoms with van der Waals surface area (Å²) >= 11 is 0. The highest BCUT2D eigenvalue weighted by Crippen LogP contribution is 2.31. The lowest BCUT2D eigenvalue weighted by molar-refractivity contribution is 0.0555. The molecule has 0 atom stereocenters. The molecule has 7 heteroatoms. The summed E-state index contributed by atoms with van der Waals surface area (Å²) in [5.41, 5.74) is 0.462. The lowest BCUT2D eigenvalue weighted by Crippen LogP contribution is -2.11. The molecule has 0 spiro atoms. The summed E-state index contributed by atoms with van der Waals surface area (Å²) in [7, 11) is 1.60. The smallest absolute Gasteiger partial charge is 0.261 e. The second-order valence-corrected chi connectivity index (χ2v) is 7.20. The number of aromatic nitrogens is 1. The van der Waals surface area contributed by atoms with Crippen molar-refractivity contribution < 1.29 is 17.9 Å². The van der Waals surface area contributed by atoms with Gasteiger partial charge in [0.05, 0.1) is 17.6 Å². The Labute approximate surface area is 128 Å². The topological polar surface area (TPSA) is 65.5 Å². The summed E-state index contributed by atoms with van der Waals surface area (Å²) in [6.45, 7) is 4.69. The zero-order chi connectivity index (χ0) is 15.5. The average molecular weight is 330 g/mol. The molecule has 1 aromatic heterocycles. The highest BCUT2D eigenvalue weighted by molar-refractivity contribution is 8.14. The quantitative estimate of drug-likeness (QED) is 0.602. The molecule has 0 unspecified atom stereocenters. The molecule has 0 N–H and O–H groups in total. The average Bonchev–Trinajstić information content (AvgIpc) is 2.42. The minimum Gasteiger partial charge on any atom is -0.489 e. The molecule has 1 heterocycles. The van der Waals surface area contributed by atoms with Crippen LogP contribution in [0.4, 0.5) is 0 Å². The van der Waals surface area contributed by atoms with E-state index in [0.29, 0.717) is 29.9 Å². The summed E-state index contributed by atoms with van der Waals surface area (Å²) in [4.78, 5) is 4.21. The molecule has 0 aliphatic heterocycles. The van der Waals surface area contributed by atoms with Crippen molar-refractivity contribution in [1.82, 2.24) is 4.98 Å². The fourth-order valence-electron chi connectivity index (χ4n) is 1.89. The molecular formula is C14H16ClNO4S. The third-order valence-electron chi connectivity index (χ3n) is 2.75. The molecular weight excluding hydrogens is 314 g/mol. The van der Waals surface area contributed by atoms with Crippen LogP contribution in [0.2, 0.25) is 0 Å². The molecule has 0 fully saturated rings. The zero-order valence-corrected chi connectivity index (χ0v) is 13.3. The largest absolute Gasteiger partial charge is 0.489 e. The van der Waals surface area contributed by atoms with Crippen molar-refractivity contribution in [3.05, 3.63) is 30.5 Å². The van der Waals surface area contributed by atoms with Gasteiger partial charge >= 0.3 is 0 Å². The Morgan fingerprint density at radius 3 is 2.67 bits per heavy atom. The van der Waals surface area contributed by atoms with Crippen LogP contribution in [0.1, 0.15) is 13.8 Å². The van der Waals surface area contributed by atoms with Crippen molar-refractivity contribution in [1.29, 1.82) is 0 Å². The first kappa shape index (κ1) is 16.0.